The van der Waals surface area contributed by atoms with Gasteiger partial charge in [-0.15, -0.1) is 0 Å². The molecule has 0 spiro atoms. The second-order valence-corrected chi connectivity index (χ2v) is 5.57. The molecule has 0 aliphatic rings. The molecule has 1 aromatic carbocycles. The number of para-hydroxylation sites is 1. The van der Waals surface area contributed by atoms with Gasteiger partial charge in [-0.1, -0.05) is 23.7 Å². The molecule has 23 heavy (non-hydrogen) atoms. The van der Waals surface area contributed by atoms with Crippen LogP contribution in [0.25, 0.3) is 33.4 Å². The number of aromatic nitrogens is 5. The quantitative estimate of drug-likeness (QED) is 0.532. The molecule has 0 unspecified atom stereocenters. The van der Waals surface area contributed by atoms with Gasteiger partial charge in [-0.05, 0) is 17.5 Å². The van der Waals surface area contributed by atoms with Crippen LogP contribution in [0.2, 0.25) is 0 Å². The van der Waals surface area contributed by atoms with Crippen LogP contribution in [0.5, 0.6) is 0 Å². The average molecular weight is 303 g/mol. The lowest BCUT2D eigenvalue weighted by Crippen LogP contribution is -2.15. The zero-order chi connectivity index (χ0) is 16.0. The number of hydrogen-bond donors (Lipinski definition) is 2. The number of fused-ring (bicyclic) bond motifs is 1. The van der Waals surface area contributed by atoms with E-state index in [2.05, 4.69) is 20.3 Å². The van der Waals surface area contributed by atoms with E-state index in [0.29, 0.717) is 11.3 Å². The van der Waals surface area contributed by atoms with E-state index in [1.54, 1.807) is 16.9 Å². The largest absolute Gasteiger partial charge is 0.355 e. The third-order valence-corrected chi connectivity index (χ3v) is 4.04. The molecule has 4 aromatic rings. The minimum atomic E-state index is -0.215. The van der Waals surface area contributed by atoms with Crippen LogP contribution in [0, 0.1) is 0 Å². The van der Waals surface area contributed by atoms with Crippen LogP contribution in [0.15, 0.2) is 47.5 Å². The van der Waals surface area contributed by atoms with E-state index in [9.17, 15) is 4.79 Å². The Kier molecular flexibility index (Phi) is 2.94. The highest BCUT2D eigenvalue weighted by Crippen LogP contribution is 2.22. The predicted octanol–water partition coefficient (Wildman–Crippen LogP) is 0.577. The van der Waals surface area contributed by atoms with Gasteiger partial charge in [0.25, 0.3) is 5.56 Å². The molecular weight excluding hydrogens is 289 g/mol. The van der Waals surface area contributed by atoms with Crippen molar-refractivity contribution in [3.63, 3.8) is 0 Å². The number of rotatable bonds is 2. The van der Waals surface area contributed by atoms with E-state index in [-0.39, 0.29) is 5.56 Å². The van der Waals surface area contributed by atoms with Crippen LogP contribution in [0.1, 0.15) is 0 Å². The fraction of sp³-hybridized carbons (Fsp3) is 0.0625. The molecular formula is C16H14BN5O. The molecule has 0 fully saturated rings. The summed E-state index contributed by atoms with van der Waals surface area (Å²) in [5.74, 6) is 0. The van der Waals surface area contributed by atoms with Crippen LogP contribution < -0.4 is 11.0 Å². The van der Waals surface area contributed by atoms with Crippen LogP contribution in [-0.4, -0.2) is 32.8 Å². The van der Waals surface area contributed by atoms with Gasteiger partial charge >= 0.3 is 0 Å². The molecule has 3 aromatic heterocycles. The lowest BCUT2D eigenvalue weighted by molar-refractivity contribution is 0.768. The molecule has 0 aliphatic heterocycles. The summed E-state index contributed by atoms with van der Waals surface area (Å²) in [7, 11) is 3.86. The number of hydrogen-bond acceptors (Lipinski definition) is 3. The van der Waals surface area contributed by atoms with Gasteiger partial charge in [-0.25, -0.2) is 5.10 Å². The van der Waals surface area contributed by atoms with Crippen molar-refractivity contribution in [2.75, 3.05) is 0 Å². The first-order valence-electron chi connectivity index (χ1n) is 7.30. The Morgan fingerprint density at radius 3 is 2.83 bits per heavy atom. The maximum atomic E-state index is 12.3. The summed E-state index contributed by atoms with van der Waals surface area (Å²) in [6.45, 7) is 0. The maximum Gasteiger partial charge on any atom is 0.273 e. The molecule has 112 valence electrons. The second-order valence-electron chi connectivity index (χ2n) is 5.57. The number of aromatic amines is 2. The van der Waals surface area contributed by atoms with Crippen LogP contribution in [0.4, 0.5) is 0 Å². The number of nitrogens with zero attached hydrogens (tertiary/aromatic N) is 3. The van der Waals surface area contributed by atoms with Gasteiger partial charge in [0, 0.05) is 30.0 Å². The molecule has 2 N–H and O–H groups in total. The van der Waals surface area contributed by atoms with E-state index in [4.69, 9.17) is 0 Å². The maximum absolute atomic E-state index is 12.3. The summed E-state index contributed by atoms with van der Waals surface area (Å²) in [5, 5.41) is 12.0. The third-order valence-electron chi connectivity index (χ3n) is 4.04. The fourth-order valence-corrected chi connectivity index (χ4v) is 2.84. The van der Waals surface area contributed by atoms with Crippen molar-refractivity contribution in [2.45, 2.75) is 0 Å². The number of H-pyrrole nitrogens is 2. The number of benzene rings is 1. The lowest BCUT2D eigenvalue weighted by atomic mass is 9.90. The summed E-state index contributed by atoms with van der Waals surface area (Å²) in [6, 6.07) is 9.81. The van der Waals surface area contributed by atoms with Crippen molar-refractivity contribution in [2.24, 2.45) is 7.05 Å². The van der Waals surface area contributed by atoms with E-state index in [1.807, 2.05) is 45.4 Å². The van der Waals surface area contributed by atoms with E-state index >= 15 is 0 Å². The molecule has 0 aliphatic carbocycles. The Morgan fingerprint density at radius 2 is 2.09 bits per heavy atom. The minimum absolute atomic E-state index is 0.215. The average Bonchev–Trinajstić information content (AvgIpc) is 3.13. The summed E-state index contributed by atoms with van der Waals surface area (Å²) < 4.78 is 1.70. The Hall–Kier alpha value is -3.09. The molecule has 0 saturated heterocycles. The van der Waals surface area contributed by atoms with Crippen LogP contribution >= 0.6 is 0 Å². The number of nitrogens with one attached hydrogen (secondary N) is 2. The zero-order valence-corrected chi connectivity index (χ0v) is 12.8. The van der Waals surface area contributed by atoms with Gasteiger partial charge in [0.05, 0.1) is 17.5 Å². The Bertz CT molecular complexity index is 1080. The fourth-order valence-electron chi connectivity index (χ4n) is 2.84. The smallest absolute Gasteiger partial charge is 0.273 e. The molecule has 0 atom stereocenters. The molecule has 0 amide bonds. The Morgan fingerprint density at radius 1 is 1.26 bits per heavy atom. The van der Waals surface area contributed by atoms with E-state index < -0.39 is 0 Å². The highest BCUT2D eigenvalue weighted by atomic mass is 16.1. The van der Waals surface area contributed by atoms with Gasteiger partial charge in [0.15, 0.2) is 0 Å². The first-order valence-corrected chi connectivity index (χ1v) is 7.30. The predicted molar refractivity (Wildman–Crippen MR) is 92.5 cm³/mol. The molecule has 7 heteroatoms. The van der Waals surface area contributed by atoms with Crippen molar-refractivity contribution < 1.29 is 0 Å². The number of aryl methyl sites for hydroxylation is 1. The highest BCUT2D eigenvalue weighted by Gasteiger charge is 2.14. The summed E-state index contributed by atoms with van der Waals surface area (Å²) >= 11 is 0. The Balaban J connectivity index is 1.94. The molecule has 0 saturated carbocycles. The van der Waals surface area contributed by atoms with Crippen molar-refractivity contribution in [1.29, 1.82) is 0 Å². The normalized spacial score (nSPS) is 11.2. The molecule has 0 bridgehead atoms. The monoisotopic (exact) mass is 303 g/mol. The van der Waals surface area contributed by atoms with Crippen LogP contribution in [-0.2, 0) is 7.05 Å². The highest BCUT2D eigenvalue weighted by molar-refractivity contribution is 6.42. The van der Waals surface area contributed by atoms with Crippen molar-refractivity contribution >= 4 is 24.2 Å². The topological polar surface area (TPSA) is 79.4 Å². The summed E-state index contributed by atoms with van der Waals surface area (Å²) in [6.07, 6.45) is 3.59. The van der Waals surface area contributed by atoms with E-state index in [1.165, 1.54) is 0 Å². The molecule has 3 heterocycles. The second kappa shape index (κ2) is 4.98. The van der Waals surface area contributed by atoms with Gasteiger partial charge in [0.1, 0.15) is 7.85 Å². The SMILES string of the molecule is Bc1c(-c2cc(-c3cnn(C)c3)n[nH]c2=O)[nH]c2ccccc12. The Labute approximate surface area is 132 Å². The molecule has 0 radical (unpaired) electrons. The van der Waals surface area contributed by atoms with Gasteiger partial charge in [0.2, 0.25) is 0 Å². The van der Waals surface area contributed by atoms with Crippen LogP contribution in [0.3, 0.4) is 0 Å². The van der Waals surface area contributed by atoms with Gasteiger partial charge in [-0.2, -0.15) is 10.2 Å². The third kappa shape index (κ3) is 2.17. The van der Waals surface area contributed by atoms with Crippen molar-refractivity contribution in [3.05, 3.63) is 53.1 Å². The van der Waals surface area contributed by atoms with E-state index in [0.717, 1.165) is 27.6 Å². The first kappa shape index (κ1) is 13.6. The summed E-state index contributed by atoms with van der Waals surface area (Å²) in [5.41, 5.74) is 4.79. The van der Waals surface area contributed by atoms with Crippen molar-refractivity contribution in [1.82, 2.24) is 25.0 Å². The van der Waals surface area contributed by atoms with Gasteiger partial charge in [-0.3, -0.25) is 9.48 Å². The summed E-state index contributed by atoms with van der Waals surface area (Å²) in [4.78, 5) is 15.6. The zero-order valence-electron chi connectivity index (χ0n) is 12.8. The van der Waals surface area contributed by atoms with Gasteiger partial charge < -0.3 is 4.98 Å². The van der Waals surface area contributed by atoms with Crippen molar-refractivity contribution in [3.8, 4) is 22.5 Å². The first-order chi connectivity index (χ1) is 11.1. The minimum Gasteiger partial charge on any atom is -0.355 e. The lowest BCUT2D eigenvalue weighted by Gasteiger charge is -2.02. The molecule has 4 rings (SSSR count). The standard InChI is InChI=1S/C16H14BN5O/c1-22-8-9(7-18-22)13-6-11(16(23)21-20-13)15-14(17)10-4-2-3-5-12(10)19-15/h2-8,19H,17H2,1H3,(H,21,23). The molecule has 6 nitrogen and oxygen atoms in total.